The zero-order valence-corrected chi connectivity index (χ0v) is 9.45. The Balaban J connectivity index is 1.80. The molecule has 2 nitrogen and oxygen atoms in total. The number of rotatable bonds is 4. The molecule has 1 aromatic heterocycles. The van der Waals surface area contributed by atoms with Gasteiger partial charge in [0.2, 0.25) is 0 Å². The normalized spacial score (nSPS) is 20.3. The lowest BCUT2D eigenvalue weighted by Crippen LogP contribution is -2.28. The fourth-order valence-corrected chi connectivity index (χ4v) is 2.11. The van der Waals surface area contributed by atoms with Crippen molar-refractivity contribution >= 4 is 17.4 Å². The molecule has 2 saturated carbocycles. The van der Waals surface area contributed by atoms with Gasteiger partial charge in [-0.1, -0.05) is 17.7 Å². The molecule has 1 aromatic rings. The molecule has 0 radical (unpaired) electrons. The van der Waals surface area contributed by atoms with Crippen molar-refractivity contribution in [2.24, 2.45) is 5.92 Å². The summed E-state index contributed by atoms with van der Waals surface area (Å²) in [6, 6.07) is 6.64. The van der Waals surface area contributed by atoms with Crippen molar-refractivity contribution < 1.29 is 0 Å². The minimum absolute atomic E-state index is 0.606. The van der Waals surface area contributed by atoms with E-state index in [1.54, 1.807) is 0 Å². The van der Waals surface area contributed by atoms with E-state index in [-0.39, 0.29) is 0 Å². The molecule has 1 heterocycles. The predicted octanol–water partition coefficient (Wildman–Crippen LogP) is 3.11. The van der Waals surface area contributed by atoms with Crippen molar-refractivity contribution in [2.75, 3.05) is 11.4 Å². The Bertz CT molecular complexity index is 358. The van der Waals surface area contributed by atoms with E-state index in [1.165, 1.54) is 32.2 Å². The second-order valence-electron chi connectivity index (χ2n) is 4.65. The van der Waals surface area contributed by atoms with Gasteiger partial charge in [-0.2, -0.15) is 0 Å². The summed E-state index contributed by atoms with van der Waals surface area (Å²) in [7, 11) is 0. The Kier molecular flexibility index (Phi) is 2.32. The molecule has 0 aliphatic heterocycles. The largest absolute Gasteiger partial charge is 0.353 e. The number of anilines is 1. The van der Waals surface area contributed by atoms with Crippen molar-refractivity contribution in [1.82, 2.24) is 4.98 Å². The van der Waals surface area contributed by atoms with Crippen LogP contribution in [0.3, 0.4) is 0 Å². The summed E-state index contributed by atoms with van der Waals surface area (Å²) in [4.78, 5) is 6.85. The van der Waals surface area contributed by atoms with E-state index < -0.39 is 0 Å². The van der Waals surface area contributed by atoms with Crippen LogP contribution in [0.4, 0.5) is 5.82 Å². The first kappa shape index (κ1) is 9.46. The third-order valence-electron chi connectivity index (χ3n) is 3.13. The monoisotopic (exact) mass is 222 g/mol. The topological polar surface area (TPSA) is 16.1 Å². The standard InChI is InChI=1S/C12H15ClN2/c13-11-2-1-3-12(14-11)15(10-6-7-10)8-9-4-5-9/h1-3,9-10H,4-8H2. The lowest BCUT2D eigenvalue weighted by Gasteiger charge is -2.23. The van der Waals surface area contributed by atoms with E-state index in [0.29, 0.717) is 5.15 Å². The van der Waals surface area contributed by atoms with E-state index in [9.17, 15) is 0 Å². The maximum Gasteiger partial charge on any atom is 0.131 e. The Hall–Kier alpha value is -0.760. The highest BCUT2D eigenvalue weighted by Gasteiger charge is 2.34. The van der Waals surface area contributed by atoms with Crippen molar-refractivity contribution in [3.63, 3.8) is 0 Å². The quantitative estimate of drug-likeness (QED) is 0.728. The molecule has 0 aromatic carbocycles. The molecule has 0 atom stereocenters. The smallest absolute Gasteiger partial charge is 0.131 e. The van der Waals surface area contributed by atoms with Gasteiger partial charge < -0.3 is 4.90 Å². The third kappa shape index (κ3) is 2.25. The molecule has 2 aliphatic rings. The summed E-state index contributed by atoms with van der Waals surface area (Å²) < 4.78 is 0. The average molecular weight is 223 g/mol. The second-order valence-corrected chi connectivity index (χ2v) is 5.03. The summed E-state index contributed by atoms with van der Waals surface area (Å²) in [5, 5.41) is 0.606. The van der Waals surface area contributed by atoms with Gasteiger partial charge in [0.15, 0.2) is 0 Å². The summed E-state index contributed by atoms with van der Waals surface area (Å²) in [5.74, 6) is 1.98. The highest BCUT2D eigenvalue weighted by molar-refractivity contribution is 6.29. The summed E-state index contributed by atoms with van der Waals surface area (Å²) in [6.07, 6.45) is 5.43. The van der Waals surface area contributed by atoms with Crippen LogP contribution in [0.5, 0.6) is 0 Å². The molecule has 80 valence electrons. The summed E-state index contributed by atoms with van der Waals surface area (Å²) in [5.41, 5.74) is 0. The minimum Gasteiger partial charge on any atom is -0.353 e. The molecule has 0 bridgehead atoms. The van der Waals surface area contributed by atoms with Gasteiger partial charge in [0, 0.05) is 12.6 Å². The van der Waals surface area contributed by atoms with E-state index in [2.05, 4.69) is 16.0 Å². The zero-order valence-electron chi connectivity index (χ0n) is 8.69. The van der Waals surface area contributed by atoms with Crippen molar-refractivity contribution in [3.8, 4) is 0 Å². The van der Waals surface area contributed by atoms with Crippen LogP contribution >= 0.6 is 11.6 Å². The number of pyridine rings is 1. The molecule has 15 heavy (non-hydrogen) atoms. The first-order valence-electron chi connectivity index (χ1n) is 5.72. The van der Waals surface area contributed by atoms with Crippen molar-refractivity contribution in [3.05, 3.63) is 23.4 Å². The molecule has 0 N–H and O–H groups in total. The molecule has 0 spiro atoms. The number of hydrogen-bond acceptors (Lipinski definition) is 2. The molecule has 3 heteroatoms. The van der Waals surface area contributed by atoms with Gasteiger partial charge in [0.05, 0.1) is 0 Å². The number of hydrogen-bond donors (Lipinski definition) is 0. The van der Waals surface area contributed by atoms with E-state index in [1.807, 2.05) is 12.1 Å². The fourth-order valence-electron chi connectivity index (χ4n) is 1.95. The first-order valence-corrected chi connectivity index (χ1v) is 6.10. The van der Waals surface area contributed by atoms with Gasteiger partial charge >= 0.3 is 0 Å². The van der Waals surface area contributed by atoms with Crippen molar-refractivity contribution in [2.45, 2.75) is 31.7 Å². The maximum absolute atomic E-state index is 5.93. The minimum atomic E-state index is 0.606. The zero-order chi connectivity index (χ0) is 10.3. The third-order valence-corrected chi connectivity index (χ3v) is 3.34. The molecule has 3 rings (SSSR count). The molecular formula is C12H15ClN2. The number of halogens is 1. The van der Waals surface area contributed by atoms with Crippen LogP contribution in [0.25, 0.3) is 0 Å². The van der Waals surface area contributed by atoms with Gasteiger partial charge in [-0.3, -0.25) is 0 Å². The molecule has 0 saturated heterocycles. The van der Waals surface area contributed by atoms with Gasteiger partial charge in [-0.25, -0.2) is 4.98 Å². The Morgan fingerprint density at radius 2 is 2.07 bits per heavy atom. The van der Waals surface area contributed by atoms with Gasteiger partial charge in [-0.05, 0) is 43.7 Å². The number of aromatic nitrogens is 1. The van der Waals surface area contributed by atoms with Crippen molar-refractivity contribution in [1.29, 1.82) is 0 Å². The Morgan fingerprint density at radius 1 is 1.27 bits per heavy atom. The summed E-state index contributed by atoms with van der Waals surface area (Å²) in [6.45, 7) is 1.18. The highest BCUT2D eigenvalue weighted by Crippen LogP contribution is 2.37. The van der Waals surface area contributed by atoms with Crippen LogP contribution in [0.15, 0.2) is 18.2 Å². The van der Waals surface area contributed by atoms with Gasteiger partial charge in [-0.15, -0.1) is 0 Å². The fraction of sp³-hybridized carbons (Fsp3) is 0.583. The van der Waals surface area contributed by atoms with Crippen LogP contribution in [-0.4, -0.2) is 17.6 Å². The summed E-state index contributed by atoms with van der Waals surface area (Å²) >= 11 is 5.93. The lowest BCUT2D eigenvalue weighted by atomic mass is 10.3. The highest BCUT2D eigenvalue weighted by atomic mass is 35.5. The van der Waals surface area contributed by atoms with Gasteiger partial charge in [0.1, 0.15) is 11.0 Å². The van der Waals surface area contributed by atoms with Crippen LogP contribution in [-0.2, 0) is 0 Å². The van der Waals surface area contributed by atoms with Crippen LogP contribution in [0.1, 0.15) is 25.7 Å². The Morgan fingerprint density at radius 3 is 2.67 bits per heavy atom. The van der Waals surface area contributed by atoms with Crippen LogP contribution < -0.4 is 4.90 Å². The SMILES string of the molecule is Clc1cccc(N(CC2CC2)C2CC2)n1. The molecule has 2 fully saturated rings. The van der Waals surface area contributed by atoms with E-state index in [0.717, 1.165) is 17.8 Å². The van der Waals surface area contributed by atoms with Crippen LogP contribution in [0, 0.1) is 5.92 Å². The predicted molar refractivity (Wildman–Crippen MR) is 62.3 cm³/mol. The van der Waals surface area contributed by atoms with E-state index in [4.69, 9.17) is 11.6 Å². The molecule has 0 unspecified atom stereocenters. The number of nitrogens with zero attached hydrogens (tertiary/aromatic N) is 2. The van der Waals surface area contributed by atoms with Crippen LogP contribution in [0.2, 0.25) is 5.15 Å². The lowest BCUT2D eigenvalue weighted by molar-refractivity contribution is 0.709. The molecular weight excluding hydrogens is 208 g/mol. The van der Waals surface area contributed by atoms with E-state index >= 15 is 0 Å². The first-order chi connectivity index (χ1) is 7.33. The molecule has 2 aliphatic carbocycles. The van der Waals surface area contributed by atoms with Gasteiger partial charge in [0.25, 0.3) is 0 Å². The average Bonchev–Trinajstić information content (AvgIpc) is 3.08. The molecule has 0 amide bonds. The second kappa shape index (κ2) is 3.67. The maximum atomic E-state index is 5.93. The Labute approximate surface area is 95.3 Å².